The molecule has 112 valence electrons. The van der Waals surface area contributed by atoms with Gasteiger partial charge in [0.1, 0.15) is 0 Å². The Bertz CT molecular complexity index is 417. The normalized spacial score (nSPS) is 26.1. The lowest BCUT2D eigenvalue weighted by Gasteiger charge is -2.41. The molecule has 0 atom stereocenters. The molecule has 1 spiro atoms. The van der Waals surface area contributed by atoms with Gasteiger partial charge in [0.25, 0.3) is 0 Å². The molecule has 0 unspecified atom stereocenters. The van der Waals surface area contributed by atoms with Crippen LogP contribution in [-0.2, 0) is 10.0 Å². The van der Waals surface area contributed by atoms with E-state index in [2.05, 4.69) is 25.7 Å². The number of rotatable bonds is 2. The Labute approximate surface area is 118 Å². The van der Waals surface area contributed by atoms with Crippen molar-refractivity contribution in [3.63, 3.8) is 0 Å². The number of likely N-dealkylation sites (tertiary alicyclic amines) is 1. The minimum atomic E-state index is -3.00. The summed E-state index contributed by atoms with van der Waals surface area (Å²) in [7, 11) is -3.00. The van der Waals surface area contributed by atoms with Gasteiger partial charge < -0.3 is 4.90 Å². The fraction of sp³-hybridized carbons (Fsp3) is 1.00. The van der Waals surface area contributed by atoms with Crippen molar-refractivity contribution in [2.24, 2.45) is 10.8 Å². The first-order valence-electron chi connectivity index (χ1n) is 7.27. The molecule has 2 saturated heterocycles. The average molecular weight is 288 g/mol. The first kappa shape index (κ1) is 15.3. The molecule has 0 amide bonds. The molecule has 0 aromatic rings. The summed E-state index contributed by atoms with van der Waals surface area (Å²) in [6.45, 7) is 11.7. The Balaban J connectivity index is 1.90. The first-order chi connectivity index (χ1) is 8.60. The van der Waals surface area contributed by atoms with E-state index < -0.39 is 10.0 Å². The molecular weight excluding hydrogens is 260 g/mol. The van der Waals surface area contributed by atoms with Crippen LogP contribution in [-0.4, -0.2) is 56.6 Å². The van der Waals surface area contributed by atoms with Gasteiger partial charge in [-0.1, -0.05) is 20.8 Å². The molecule has 2 aliphatic heterocycles. The predicted molar refractivity (Wildman–Crippen MR) is 78.6 cm³/mol. The van der Waals surface area contributed by atoms with E-state index in [1.54, 1.807) is 4.31 Å². The largest absolute Gasteiger partial charge is 0.303 e. The first-order valence-corrected chi connectivity index (χ1v) is 9.12. The lowest BCUT2D eigenvalue weighted by molar-refractivity contribution is 0.0876. The van der Waals surface area contributed by atoms with Crippen molar-refractivity contribution in [3.8, 4) is 0 Å². The molecule has 5 heteroatoms. The van der Waals surface area contributed by atoms with Crippen molar-refractivity contribution < 1.29 is 8.42 Å². The van der Waals surface area contributed by atoms with E-state index in [0.717, 1.165) is 52.0 Å². The van der Waals surface area contributed by atoms with Crippen LogP contribution in [0.4, 0.5) is 0 Å². The van der Waals surface area contributed by atoms with Crippen LogP contribution in [0.2, 0.25) is 0 Å². The minimum absolute atomic E-state index is 0.261. The van der Waals surface area contributed by atoms with Gasteiger partial charge in [0.15, 0.2) is 0 Å². The highest BCUT2D eigenvalue weighted by molar-refractivity contribution is 7.88. The molecule has 0 radical (unpaired) electrons. The smallest absolute Gasteiger partial charge is 0.211 e. The van der Waals surface area contributed by atoms with Crippen molar-refractivity contribution in [3.05, 3.63) is 0 Å². The number of hydrogen-bond acceptors (Lipinski definition) is 3. The van der Waals surface area contributed by atoms with Crippen molar-refractivity contribution >= 4 is 10.0 Å². The molecule has 19 heavy (non-hydrogen) atoms. The third-order valence-corrected chi connectivity index (χ3v) is 5.74. The number of sulfonamides is 1. The molecule has 4 nitrogen and oxygen atoms in total. The zero-order valence-corrected chi connectivity index (χ0v) is 13.6. The van der Waals surface area contributed by atoms with Crippen molar-refractivity contribution in [1.29, 1.82) is 0 Å². The van der Waals surface area contributed by atoms with Crippen LogP contribution in [0.25, 0.3) is 0 Å². The van der Waals surface area contributed by atoms with Crippen LogP contribution in [0.3, 0.4) is 0 Å². The van der Waals surface area contributed by atoms with Crippen molar-refractivity contribution in [1.82, 2.24) is 9.21 Å². The average Bonchev–Trinajstić information content (AvgIpc) is 2.64. The Morgan fingerprint density at radius 2 is 1.58 bits per heavy atom. The van der Waals surface area contributed by atoms with E-state index in [0.29, 0.717) is 5.41 Å². The molecule has 2 fully saturated rings. The van der Waals surface area contributed by atoms with Crippen LogP contribution in [0.5, 0.6) is 0 Å². The lowest BCUT2D eigenvalue weighted by atomic mass is 9.77. The maximum atomic E-state index is 11.6. The Kier molecular flexibility index (Phi) is 4.02. The quantitative estimate of drug-likeness (QED) is 0.778. The van der Waals surface area contributed by atoms with Gasteiger partial charge in [-0.15, -0.1) is 0 Å². The summed E-state index contributed by atoms with van der Waals surface area (Å²) in [4.78, 5) is 2.54. The SMILES string of the molecule is CC(C)(C)CN1CCC2(CC1)CCN(S(C)(=O)=O)C2. The number of hydrogen-bond donors (Lipinski definition) is 0. The molecule has 2 heterocycles. The summed E-state index contributed by atoms with van der Waals surface area (Å²) in [6.07, 6.45) is 4.67. The predicted octanol–water partition coefficient (Wildman–Crippen LogP) is 1.78. The van der Waals surface area contributed by atoms with Gasteiger partial charge in [-0.25, -0.2) is 12.7 Å². The highest BCUT2D eigenvalue weighted by Gasteiger charge is 2.43. The van der Waals surface area contributed by atoms with Gasteiger partial charge in [-0.05, 0) is 43.2 Å². The summed E-state index contributed by atoms with van der Waals surface area (Å²) >= 11 is 0. The second kappa shape index (κ2) is 5.01. The number of piperidine rings is 1. The van der Waals surface area contributed by atoms with Gasteiger partial charge in [0.2, 0.25) is 10.0 Å². The monoisotopic (exact) mass is 288 g/mol. The summed E-state index contributed by atoms with van der Waals surface area (Å²) in [5.74, 6) is 0. The molecule has 0 aromatic carbocycles. The molecule has 0 aliphatic carbocycles. The highest BCUT2D eigenvalue weighted by atomic mass is 32.2. The summed E-state index contributed by atoms with van der Waals surface area (Å²) in [6, 6.07) is 0. The molecule has 0 bridgehead atoms. The maximum Gasteiger partial charge on any atom is 0.211 e. The Morgan fingerprint density at radius 3 is 2.00 bits per heavy atom. The van der Waals surface area contributed by atoms with Crippen LogP contribution >= 0.6 is 0 Å². The van der Waals surface area contributed by atoms with Crippen LogP contribution < -0.4 is 0 Å². The van der Waals surface area contributed by atoms with Crippen molar-refractivity contribution in [2.45, 2.75) is 40.0 Å². The van der Waals surface area contributed by atoms with Crippen LogP contribution in [0, 0.1) is 10.8 Å². The van der Waals surface area contributed by atoms with Crippen LogP contribution in [0.15, 0.2) is 0 Å². The lowest BCUT2D eigenvalue weighted by Crippen LogP contribution is -2.44. The summed E-state index contributed by atoms with van der Waals surface area (Å²) in [5, 5.41) is 0. The van der Waals surface area contributed by atoms with Gasteiger partial charge in [0, 0.05) is 19.6 Å². The van der Waals surface area contributed by atoms with E-state index in [1.165, 1.54) is 6.26 Å². The molecular formula is C14H28N2O2S. The third-order valence-electron chi connectivity index (χ3n) is 4.49. The molecule has 2 rings (SSSR count). The topological polar surface area (TPSA) is 40.6 Å². The molecule has 2 aliphatic rings. The van der Waals surface area contributed by atoms with Crippen molar-refractivity contribution in [2.75, 3.05) is 39.0 Å². The summed E-state index contributed by atoms with van der Waals surface area (Å²) in [5.41, 5.74) is 0.608. The zero-order chi connectivity index (χ0) is 14.3. The molecule has 0 saturated carbocycles. The van der Waals surface area contributed by atoms with E-state index in [9.17, 15) is 8.42 Å². The van der Waals surface area contributed by atoms with Crippen LogP contribution in [0.1, 0.15) is 40.0 Å². The van der Waals surface area contributed by atoms with E-state index in [4.69, 9.17) is 0 Å². The Morgan fingerprint density at radius 1 is 1.05 bits per heavy atom. The zero-order valence-electron chi connectivity index (χ0n) is 12.8. The second-order valence-electron chi connectivity index (χ2n) is 7.68. The number of nitrogens with zero attached hydrogens (tertiary/aromatic N) is 2. The maximum absolute atomic E-state index is 11.6. The van der Waals surface area contributed by atoms with E-state index in [-0.39, 0.29) is 5.41 Å². The van der Waals surface area contributed by atoms with Gasteiger partial charge in [-0.3, -0.25) is 0 Å². The van der Waals surface area contributed by atoms with E-state index >= 15 is 0 Å². The minimum Gasteiger partial charge on any atom is -0.303 e. The fourth-order valence-corrected chi connectivity index (χ4v) is 4.37. The Hall–Kier alpha value is -0.130. The van der Waals surface area contributed by atoms with Gasteiger partial charge in [-0.2, -0.15) is 0 Å². The molecule has 0 aromatic heterocycles. The second-order valence-corrected chi connectivity index (χ2v) is 9.67. The fourth-order valence-electron chi connectivity index (χ4n) is 3.44. The standard InChI is InChI=1S/C14H28N2O2S/c1-13(2,3)11-15-8-5-14(6-9-15)7-10-16(12-14)19(4,17)18/h5-12H2,1-4H3. The van der Waals surface area contributed by atoms with E-state index in [1.807, 2.05) is 0 Å². The third kappa shape index (κ3) is 3.92. The highest BCUT2D eigenvalue weighted by Crippen LogP contribution is 2.41. The molecule has 0 N–H and O–H groups in total. The van der Waals surface area contributed by atoms with Gasteiger partial charge in [0.05, 0.1) is 6.26 Å². The van der Waals surface area contributed by atoms with Gasteiger partial charge >= 0.3 is 0 Å². The summed E-state index contributed by atoms with van der Waals surface area (Å²) < 4.78 is 24.9.